The number of rotatable bonds is 5. The molecule has 0 atom stereocenters. The van der Waals surface area contributed by atoms with Gasteiger partial charge in [0.2, 0.25) is 0 Å². The molecule has 0 bridgehead atoms. The minimum atomic E-state index is -0.177. The van der Waals surface area contributed by atoms with Crippen LogP contribution in [0, 0.1) is 0 Å². The van der Waals surface area contributed by atoms with Gasteiger partial charge in [0.05, 0.1) is 11.4 Å². The first-order valence-corrected chi connectivity index (χ1v) is 17.4. The van der Waals surface area contributed by atoms with Crippen LogP contribution in [0.3, 0.4) is 0 Å². The molecular formula is C48H39N. The minimum absolute atomic E-state index is 0.0728. The normalized spacial score (nSPS) is 14.4. The molecule has 1 heteroatoms. The summed E-state index contributed by atoms with van der Waals surface area (Å²) in [6.07, 6.45) is 0. The van der Waals surface area contributed by atoms with Crippen LogP contribution in [0.25, 0.3) is 44.5 Å². The van der Waals surface area contributed by atoms with Gasteiger partial charge in [-0.05, 0) is 85.5 Å². The summed E-state index contributed by atoms with van der Waals surface area (Å²) in [7, 11) is 0. The molecule has 7 aromatic rings. The largest absolute Gasteiger partial charge is 0.310 e. The summed E-state index contributed by atoms with van der Waals surface area (Å²) in [6, 6.07) is 60.5. The van der Waals surface area contributed by atoms with Gasteiger partial charge in [-0.3, -0.25) is 0 Å². The molecule has 9 rings (SSSR count). The van der Waals surface area contributed by atoms with Gasteiger partial charge in [-0.1, -0.05) is 167 Å². The molecule has 236 valence electrons. The monoisotopic (exact) mass is 629 g/mol. The van der Waals surface area contributed by atoms with Crippen molar-refractivity contribution in [3.8, 4) is 44.5 Å². The van der Waals surface area contributed by atoms with Crippen molar-refractivity contribution >= 4 is 17.1 Å². The third-order valence-electron chi connectivity index (χ3n) is 11.1. The van der Waals surface area contributed by atoms with Gasteiger partial charge in [0, 0.05) is 22.1 Å². The summed E-state index contributed by atoms with van der Waals surface area (Å²) < 4.78 is 0. The number of anilines is 3. The molecule has 7 aromatic carbocycles. The van der Waals surface area contributed by atoms with Gasteiger partial charge < -0.3 is 4.90 Å². The molecule has 0 fully saturated rings. The number of hydrogen-bond acceptors (Lipinski definition) is 1. The second-order valence-electron chi connectivity index (χ2n) is 14.5. The molecule has 0 aromatic heterocycles. The summed E-state index contributed by atoms with van der Waals surface area (Å²) in [5, 5.41) is 0. The Hall–Kier alpha value is -5.66. The lowest BCUT2D eigenvalue weighted by atomic mass is 9.81. The number of benzene rings is 7. The number of para-hydroxylation sites is 1. The van der Waals surface area contributed by atoms with E-state index in [1.165, 1.54) is 78.1 Å². The van der Waals surface area contributed by atoms with E-state index in [0.29, 0.717) is 0 Å². The van der Waals surface area contributed by atoms with Gasteiger partial charge in [-0.15, -0.1) is 0 Å². The molecule has 0 amide bonds. The highest BCUT2D eigenvalue weighted by atomic mass is 15.1. The standard InChI is InChI=1S/C48H39N/c1-47(2)41-27-12-9-23-39(41)45-37(24-15-28-42(45)47)36-22-10-13-29-43(36)49(34-20-14-19-33(31-34)32-17-6-5-7-18-32)44-30-16-25-38-35-21-8-11-26-40(35)48(3,4)46(38)44/h5-31H,1-4H3. The first kappa shape index (κ1) is 29.5. The van der Waals surface area contributed by atoms with Gasteiger partial charge in [-0.25, -0.2) is 0 Å². The van der Waals surface area contributed by atoms with Crippen molar-refractivity contribution in [3.05, 3.63) is 186 Å². The summed E-state index contributed by atoms with van der Waals surface area (Å²) in [5.74, 6) is 0. The average molecular weight is 630 g/mol. The van der Waals surface area contributed by atoms with Crippen LogP contribution in [-0.4, -0.2) is 0 Å². The second-order valence-corrected chi connectivity index (χ2v) is 14.5. The zero-order valence-electron chi connectivity index (χ0n) is 28.5. The van der Waals surface area contributed by atoms with Crippen molar-refractivity contribution in [1.82, 2.24) is 0 Å². The highest BCUT2D eigenvalue weighted by Crippen LogP contribution is 2.57. The highest BCUT2D eigenvalue weighted by molar-refractivity contribution is 6.00. The third-order valence-corrected chi connectivity index (χ3v) is 11.1. The first-order valence-electron chi connectivity index (χ1n) is 17.4. The maximum atomic E-state index is 2.53. The van der Waals surface area contributed by atoms with E-state index in [0.717, 1.165) is 5.69 Å². The van der Waals surface area contributed by atoms with Crippen LogP contribution in [0.15, 0.2) is 164 Å². The minimum Gasteiger partial charge on any atom is -0.310 e. The van der Waals surface area contributed by atoms with Crippen LogP contribution in [0.1, 0.15) is 49.9 Å². The van der Waals surface area contributed by atoms with E-state index in [1.807, 2.05) is 0 Å². The van der Waals surface area contributed by atoms with E-state index in [4.69, 9.17) is 0 Å². The number of fused-ring (bicyclic) bond motifs is 6. The maximum Gasteiger partial charge on any atom is 0.0540 e. The molecule has 2 aliphatic rings. The zero-order chi connectivity index (χ0) is 33.3. The fourth-order valence-corrected chi connectivity index (χ4v) is 8.74. The van der Waals surface area contributed by atoms with Crippen molar-refractivity contribution in [2.24, 2.45) is 0 Å². The molecule has 0 unspecified atom stereocenters. The molecule has 0 radical (unpaired) electrons. The molecule has 49 heavy (non-hydrogen) atoms. The predicted octanol–water partition coefficient (Wildman–Crippen LogP) is 13.1. The SMILES string of the molecule is CC1(C)c2ccccc2-c2c(-c3ccccc3N(c3cccc(-c4ccccc4)c3)c3cccc4c3C(C)(C)c3ccccc3-4)cccc21. The Morgan fingerprint density at radius 2 is 0.898 bits per heavy atom. The lowest BCUT2D eigenvalue weighted by Gasteiger charge is -2.34. The summed E-state index contributed by atoms with van der Waals surface area (Å²) in [6.45, 7) is 9.49. The molecular weight excluding hydrogens is 591 g/mol. The quantitative estimate of drug-likeness (QED) is 0.183. The fourth-order valence-electron chi connectivity index (χ4n) is 8.74. The van der Waals surface area contributed by atoms with E-state index in [9.17, 15) is 0 Å². The van der Waals surface area contributed by atoms with Crippen molar-refractivity contribution in [2.75, 3.05) is 4.90 Å². The molecule has 0 heterocycles. The Labute approximate surface area is 290 Å². The molecule has 0 spiro atoms. The maximum absolute atomic E-state index is 2.53. The van der Waals surface area contributed by atoms with Crippen LogP contribution in [-0.2, 0) is 10.8 Å². The lowest BCUT2D eigenvalue weighted by molar-refractivity contribution is 0.660. The topological polar surface area (TPSA) is 3.24 Å². The molecule has 1 nitrogen and oxygen atoms in total. The van der Waals surface area contributed by atoms with Gasteiger partial charge in [0.15, 0.2) is 0 Å². The van der Waals surface area contributed by atoms with E-state index < -0.39 is 0 Å². The van der Waals surface area contributed by atoms with Crippen LogP contribution >= 0.6 is 0 Å². The number of hydrogen-bond donors (Lipinski definition) is 0. The highest BCUT2D eigenvalue weighted by Gasteiger charge is 2.40. The summed E-state index contributed by atoms with van der Waals surface area (Å²) in [4.78, 5) is 2.53. The van der Waals surface area contributed by atoms with E-state index in [2.05, 4.69) is 196 Å². The van der Waals surface area contributed by atoms with Crippen molar-refractivity contribution in [3.63, 3.8) is 0 Å². The van der Waals surface area contributed by atoms with Gasteiger partial charge >= 0.3 is 0 Å². The van der Waals surface area contributed by atoms with E-state index in [-0.39, 0.29) is 10.8 Å². The predicted molar refractivity (Wildman–Crippen MR) is 207 cm³/mol. The second kappa shape index (κ2) is 10.9. The molecule has 0 N–H and O–H groups in total. The zero-order valence-corrected chi connectivity index (χ0v) is 28.5. The van der Waals surface area contributed by atoms with E-state index >= 15 is 0 Å². The smallest absolute Gasteiger partial charge is 0.0540 e. The first-order chi connectivity index (χ1) is 23.9. The Morgan fingerprint density at radius 1 is 0.367 bits per heavy atom. The van der Waals surface area contributed by atoms with Crippen LogP contribution < -0.4 is 4.90 Å². The molecule has 0 saturated carbocycles. The lowest BCUT2D eigenvalue weighted by Crippen LogP contribution is -2.21. The third kappa shape index (κ3) is 4.39. The van der Waals surface area contributed by atoms with Gasteiger partial charge in [0.1, 0.15) is 0 Å². The van der Waals surface area contributed by atoms with Gasteiger partial charge in [-0.2, -0.15) is 0 Å². The van der Waals surface area contributed by atoms with Crippen molar-refractivity contribution in [2.45, 2.75) is 38.5 Å². The Morgan fingerprint density at radius 3 is 1.69 bits per heavy atom. The molecule has 0 saturated heterocycles. The average Bonchev–Trinajstić information content (AvgIpc) is 3.53. The van der Waals surface area contributed by atoms with Crippen LogP contribution in [0.5, 0.6) is 0 Å². The molecule has 2 aliphatic carbocycles. The Bertz CT molecular complexity index is 2390. The summed E-state index contributed by atoms with van der Waals surface area (Å²) >= 11 is 0. The van der Waals surface area contributed by atoms with Crippen molar-refractivity contribution in [1.29, 1.82) is 0 Å². The Kier molecular flexibility index (Phi) is 6.58. The number of nitrogens with zero attached hydrogens (tertiary/aromatic N) is 1. The fraction of sp³-hybridized carbons (Fsp3) is 0.125. The summed E-state index contributed by atoms with van der Waals surface area (Å²) in [5.41, 5.74) is 19.0. The molecule has 0 aliphatic heterocycles. The van der Waals surface area contributed by atoms with Crippen LogP contribution in [0.2, 0.25) is 0 Å². The Balaban J connectivity index is 1.33. The van der Waals surface area contributed by atoms with Crippen molar-refractivity contribution < 1.29 is 0 Å². The van der Waals surface area contributed by atoms with Crippen LogP contribution in [0.4, 0.5) is 17.1 Å². The van der Waals surface area contributed by atoms with Gasteiger partial charge in [0.25, 0.3) is 0 Å². The van der Waals surface area contributed by atoms with E-state index in [1.54, 1.807) is 0 Å².